The van der Waals surface area contributed by atoms with Crippen molar-refractivity contribution in [3.8, 4) is 0 Å². The lowest BCUT2D eigenvalue weighted by molar-refractivity contribution is 0.494. The molecule has 2 heteroatoms. The van der Waals surface area contributed by atoms with Gasteiger partial charge in [0.05, 0.1) is 0 Å². The monoisotopic (exact) mass is 345 g/mol. The molecule has 2 aromatic carbocycles. The van der Waals surface area contributed by atoms with Crippen molar-refractivity contribution in [2.24, 2.45) is 0 Å². The molecule has 2 aromatic rings. The zero-order valence-electron chi connectivity index (χ0n) is 13.1. The number of hydrogen-bond acceptors (Lipinski definition) is 1. The Hall–Kier alpha value is -1.12. The van der Waals surface area contributed by atoms with Crippen molar-refractivity contribution < 1.29 is 0 Å². The summed E-state index contributed by atoms with van der Waals surface area (Å²) in [6, 6.07) is 18.2. The van der Waals surface area contributed by atoms with Gasteiger partial charge in [0.25, 0.3) is 0 Å². The van der Waals surface area contributed by atoms with Crippen molar-refractivity contribution in [3.63, 3.8) is 0 Å². The van der Waals surface area contributed by atoms with Gasteiger partial charge in [-0.05, 0) is 49.1 Å². The fourth-order valence-electron chi connectivity index (χ4n) is 2.61. The molecule has 0 saturated carbocycles. The normalized spacial score (nSPS) is 13.9. The molecule has 0 saturated heterocycles. The molecule has 0 spiro atoms. The molecular formula is C19H24BrN. The Balaban J connectivity index is 2.01. The van der Waals surface area contributed by atoms with Crippen molar-refractivity contribution in [1.82, 2.24) is 5.32 Å². The van der Waals surface area contributed by atoms with Gasteiger partial charge in [0, 0.05) is 16.6 Å². The molecule has 0 amide bonds. The van der Waals surface area contributed by atoms with Crippen LogP contribution in [0.15, 0.2) is 53.0 Å². The Labute approximate surface area is 136 Å². The quantitative estimate of drug-likeness (QED) is 0.696. The third-order valence-corrected chi connectivity index (χ3v) is 4.36. The lowest BCUT2D eigenvalue weighted by atomic mass is 10.0. The fraction of sp³-hybridized carbons (Fsp3) is 0.368. The lowest BCUT2D eigenvalue weighted by Crippen LogP contribution is -2.22. The van der Waals surface area contributed by atoms with Gasteiger partial charge in [-0.25, -0.2) is 0 Å². The second-order valence-corrected chi connectivity index (χ2v) is 6.57. The van der Waals surface area contributed by atoms with Crippen LogP contribution in [0.1, 0.15) is 56.0 Å². The van der Waals surface area contributed by atoms with Crippen LogP contribution >= 0.6 is 15.9 Å². The highest BCUT2D eigenvalue weighted by molar-refractivity contribution is 9.10. The van der Waals surface area contributed by atoms with E-state index in [0.29, 0.717) is 12.1 Å². The van der Waals surface area contributed by atoms with Gasteiger partial charge in [-0.3, -0.25) is 0 Å². The molecule has 1 N–H and O–H groups in total. The Kier molecular flexibility index (Phi) is 6.01. The molecule has 0 fully saturated rings. The summed E-state index contributed by atoms with van der Waals surface area (Å²) in [4.78, 5) is 0. The highest BCUT2D eigenvalue weighted by atomic mass is 79.9. The van der Waals surface area contributed by atoms with E-state index >= 15 is 0 Å². The smallest absolute Gasteiger partial charge is 0.0297 e. The van der Waals surface area contributed by atoms with Gasteiger partial charge >= 0.3 is 0 Å². The summed E-state index contributed by atoms with van der Waals surface area (Å²) in [5.41, 5.74) is 4.07. The Morgan fingerprint density at radius 3 is 2.24 bits per heavy atom. The van der Waals surface area contributed by atoms with Gasteiger partial charge in [0.15, 0.2) is 0 Å². The van der Waals surface area contributed by atoms with Gasteiger partial charge < -0.3 is 5.32 Å². The first-order chi connectivity index (χ1) is 10.1. The minimum Gasteiger partial charge on any atom is -0.304 e. The summed E-state index contributed by atoms with van der Waals surface area (Å²) in [5.74, 6) is 0. The number of hydrogen-bond donors (Lipinski definition) is 1. The zero-order chi connectivity index (χ0) is 15.2. The van der Waals surface area contributed by atoms with E-state index in [4.69, 9.17) is 0 Å². The molecular weight excluding hydrogens is 322 g/mol. The minimum absolute atomic E-state index is 0.327. The molecule has 0 aliphatic carbocycles. The van der Waals surface area contributed by atoms with Gasteiger partial charge in [0.2, 0.25) is 0 Å². The molecule has 1 unspecified atom stereocenters. The van der Waals surface area contributed by atoms with E-state index in [9.17, 15) is 0 Å². The number of benzene rings is 2. The Bertz CT molecular complexity index is 562. The van der Waals surface area contributed by atoms with Gasteiger partial charge in [-0.2, -0.15) is 0 Å². The topological polar surface area (TPSA) is 12.0 Å². The third kappa shape index (κ3) is 4.69. The third-order valence-electron chi connectivity index (χ3n) is 3.87. The van der Waals surface area contributed by atoms with E-state index in [1.54, 1.807) is 0 Å². The van der Waals surface area contributed by atoms with E-state index in [0.717, 1.165) is 10.9 Å². The highest BCUT2D eigenvalue weighted by Gasteiger charge is 2.11. The van der Waals surface area contributed by atoms with Crippen molar-refractivity contribution in [2.75, 3.05) is 0 Å². The predicted molar refractivity (Wildman–Crippen MR) is 94.5 cm³/mol. The molecule has 0 aliphatic rings. The average Bonchev–Trinajstić information content (AvgIpc) is 2.48. The van der Waals surface area contributed by atoms with Crippen LogP contribution in [0.2, 0.25) is 0 Å². The van der Waals surface area contributed by atoms with E-state index in [1.165, 1.54) is 23.1 Å². The van der Waals surface area contributed by atoms with E-state index < -0.39 is 0 Å². The maximum absolute atomic E-state index is 3.67. The summed E-state index contributed by atoms with van der Waals surface area (Å²) in [6.07, 6.45) is 2.36. The summed E-state index contributed by atoms with van der Waals surface area (Å²) in [6.45, 7) is 6.66. The SMILES string of the molecule is CCCc1ccc(C(C)N[C@@H](C)c2cccc(Br)c2)cc1. The van der Waals surface area contributed by atoms with Crippen LogP contribution < -0.4 is 5.32 Å². The first-order valence-corrected chi connectivity index (χ1v) is 8.49. The number of nitrogens with one attached hydrogen (secondary N) is 1. The van der Waals surface area contributed by atoms with E-state index in [-0.39, 0.29) is 0 Å². The lowest BCUT2D eigenvalue weighted by Gasteiger charge is -2.21. The zero-order valence-corrected chi connectivity index (χ0v) is 14.7. The van der Waals surface area contributed by atoms with Crippen LogP contribution in [-0.2, 0) is 6.42 Å². The largest absolute Gasteiger partial charge is 0.304 e. The first-order valence-electron chi connectivity index (χ1n) is 7.70. The van der Waals surface area contributed by atoms with Gasteiger partial charge in [0.1, 0.15) is 0 Å². The average molecular weight is 346 g/mol. The molecule has 0 aromatic heterocycles. The van der Waals surface area contributed by atoms with Gasteiger partial charge in [-0.1, -0.05) is 65.7 Å². The summed E-state index contributed by atoms with van der Waals surface area (Å²) < 4.78 is 1.13. The summed E-state index contributed by atoms with van der Waals surface area (Å²) >= 11 is 3.54. The van der Waals surface area contributed by atoms with Crippen molar-refractivity contribution >= 4 is 15.9 Å². The van der Waals surface area contributed by atoms with Crippen LogP contribution in [0.3, 0.4) is 0 Å². The molecule has 2 atom stereocenters. The summed E-state index contributed by atoms with van der Waals surface area (Å²) in [7, 11) is 0. The van der Waals surface area contributed by atoms with Gasteiger partial charge in [-0.15, -0.1) is 0 Å². The number of halogens is 1. The standard InChI is InChI=1S/C19H24BrN/c1-4-6-16-9-11-17(12-10-16)14(2)21-15(3)18-7-5-8-19(20)13-18/h5,7-15,21H,4,6H2,1-3H3/t14?,15-/m0/s1. The molecule has 0 radical (unpaired) electrons. The molecule has 112 valence electrons. The van der Waals surface area contributed by atoms with Crippen LogP contribution in [0.25, 0.3) is 0 Å². The molecule has 21 heavy (non-hydrogen) atoms. The van der Waals surface area contributed by atoms with Crippen molar-refractivity contribution in [1.29, 1.82) is 0 Å². The maximum Gasteiger partial charge on any atom is 0.0297 e. The highest BCUT2D eigenvalue weighted by Crippen LogP contribution is 2.22. The van der Waals surface area contributed by atoms with Crippen LogP contribution in [-0.4, -0.2) is 0 Å². The Morgan fingerprint density at radius 2 is 1.62 bits per heavy atom. The Morgan fingerprint density at radius 1 is 0.952 bits per heavy atom. The molecule has 0 bridgehead atoms. The second kappa shape index (κ2) is 7.77. The van der Waals surface area contributed by atoms with Crippen molar-refractivity contribution in [2.45, 2.75) is 45.7 Å². The van der Waals surface area contributed by atoms with Crippen LogP contribution in [0.5, 0.6) is 0 Å². The van der Waals surface area contributed by atoms with E-state index in [1.807, 2.05) is 0 Å². The maximum atomic E-state index is 3.67. The molecule has 0 aliphatic heterocycles. The molecule has 2 rings (SSSR count). The first kappa shape index (κ1) is 16.3. The molecule has 1 nitrogen and oxygen atoms in total. The van der Waals surface area contributed by atoms with Crippen molar-refractivity contribution in [3.05, 3.63) is 69.7 Å². The number of aryl methyl sites for hydroxylation is 1. The minimum atomic E-state index is 0.327. The van der Waals surface area contributed by atoms with Crippen LogP contribution in [0, 0.1) is 0 Å². The fourth-order valence-corrected chi connectivity index (χ4v) is 3.02. The molecule has 0 heterocycles. The second-order valence-electron chi connectivity index (χ2n) is 5.66. The van der Waals surface area contributed by atoms with E-state index in [2.05, 4.69) is 90.5 Å². The summed E-state index contributed by atoms with van der Waals surface area (Å²) in [5, 5.41) is 3.67. The van der Waals surface area contributed by atoms with Crippen LogP contribution in [0.4, 0.5) is 0 Å². The predicted octanol–water partition coefficient (Wildman–Crippen LogP) is 5.81. The number of rotatable bonds is 6.